The van der Waals surface area contributed by atoms with Crippen molar-refractivity contribution in [3.8, 4) is 17.6 Å². The van der Waals surface area contributed by atoms with Crippen LogP contribution in [0.2, 0.25) is 0 Å². The number of nitriles is 1. The fourth-order valence-electron chi connectivity index (χ4n) is 1.73. The molecular formula is C13H18N2O2. The van der Waals surface area contributed by atoms with Crippen molar-refractivity contribution < 1.29 is 9.47 Å². The van der Waals surface area contributed by atoms with E-state index in [1.165, 1.54) is 0 Å². The van der Waals surface area contributed by atoms with Crippen molar-refractivity contribution in [2.75, 3.05) is 14.2 Å². The van der Waals surface area contributed by atoms with Gasteiger partial charge in [-0.05, 0) is 26.3 Å². The van der Waals surface area contributed by atoms with Crippen LogP contribution in [0, 0.1) is 11.3 Å². The number of nitrogens with two attached hydrogens (primary N) is 1. The molecule has 1 aromatic rings. The summed E-state index contributed by atoms with van der Waals surface area (Å²) in [5.41, 5.74) is 7.05. The molecule has 0 unspecified atom stereocenters. The van der Waals surface area contributed by atoms with Crippen molar-refractivity contribution in [1.82, 2.24) is 0 Å². The summed E-state index contributed by atoms with van der Waals surface area (Å²) in [5, 5.41) is 8.97. The molecule has 4 nitrogen and oxygen atoms in total. The highest BCUT2D eigenvalue weighted by Crippen LogP contribution is 2.34. The predicted octanol–water partition coefficient (Wildman–Crippen LogP) is 1.86. The summed E-state index contributed by atoms with van der Waals surface area (Å²) in [6.07, 6.45) is 0.613. The van der Waals surface area contributed by atoms with E-state index in [9.17, 15) is 0 Å². The van der Waals surface area contributed by atoms with Gasteiger partial charge in [-0.1, -0.05) is 0 Å². The van der Waals surface area contributed by atoms with Crippen LogP contribution in [0.1, 0.15) is 25.0 Å². The Labute approximate surface area is 102 Å². The first-order valence-electron chi connectivity index (χ1n) is 5.35. The average molecular weight is 234 g/mol. The Morgan fingerprint density at radius 2 is 1.94 bits per heavy atom. The van der Waals surface area contributed by atoms with Crippen molar-refractivity contribution in [2.45, 2.75) is 25.8 Å². The van der Waals surface area contributed by atoms with Crippen molar-refractivity contribution in [3.63, 3.8) is 0 Å². The molecule has 0 aliphatic heterocycles. The standard InChI is InChI=1S/C13H18N2O2/c1-13(2,15)7-10-5-9(8-14)6-11(16-3)12(10)17-4/h5-6H,7,15H2,1-4H3. The lowest BCUT2D eigenvalue weighted by Crippen LogP contribution is -2.34. The Morgan fingerprint density at radius 1 is 1.29 bits per heavy atom. The number of nitrogens with zero attached hydrogens (tertiary/aromatic N) is 1. The second-order valence-electron chi connectivity index (χ2n) is 4.65. The first-order chi connectivity index (χ1) is 7.91. The summed E-state index contributed by atoms with van der Waals surface area (Å²) >= 11 is 0. The minimum absolute atomic E-state index is 0.369. The molecule has 2 N–H and O–H groups in total. The Hall–Kier alpha value is -1.73. The van der Waals surface area contributed by atoms with Gasteiger partial charge in [0.1, 0.15) is 0 Å². The molecule has 0 saturated heterocycles. The minimum Gasteiger partial charge on any atom is -0.493 e. The molecule has 0 fully saturated rings. The molecule has 0 radical (unpaired) electrons. The fraction of sp³-hybridized carbons (Fsp3) is 0.462. The normalized spacial score (nSPS) is 10.8. The molecule has 0 aliphatic rings. The summed E-state index contributed by atoms with van der Waals surface area (Å²) in [7, 11) is 3.13. The van der Waals surface area contributed by atoms with E-state index in [-0.39, 0.29) is 5.54 Å². The number of benzene rings is 1. The van der Waals surface area contributed by atoms with Gasteiger partial charge in [-0.25, -0.2) is 0 Å². The molecule has 0 saturated carbocycles. The molecule has 4 heteroatoms. The lowest BCUT2D eigenvalue weighted by Gasteiger charge is -2.21. The van der Waals surface area contributed by atoms with Crippen LogP contribution in [0.4, 0.5) is 0 Å². The van der Waals surface area contributed by atoms with E-state index < -0.39 is 0 Å². The van der Waals surface area contributed by atoms with Crippen LogP contribution < -0.4 is 15.2 Å². The van der Waals surface area contributed by atoms with Gasteiger partial charge in [0.25, 0.3) is 0 Å². The average Bonchev–Trinajstić information content (AvgIpc) is 2.25. The highest BCUT2D eigenvalue weighted by molar-refractivity contribution is 5.53. The highest BCUT2D eigenvalue weighted by Gasteiger charge is 2.19. The second kappa shape index (κ2) is 5.07. The Morgan fingerprint density at radius 3 is 2.35 bits per heavy atom. The van der Waals surface area contributed by atoms with Crippen LogP contribution in [-0.4, -0.2) is 19.8 Å². The van der Waals surface area contributed by atoms with Gasteiger partial charge in [0, 0.05) is 17.2 Å². The highest BCUT2D eigenvalue weighted by atomic mass is 16.5. The summed E-state index contributed by atoms with van der Waals surface area (Å²) in [4.78, 5) is 0. The van der Waals surface area contributed by atoms with Gasteiger partial charge in [0.05, 0.1) is 25.9 Å². The zero-order valence-corrected chi connectivity index (χ0v) is 10.7. The maximum absolute atomic E-state index is 8.97. The summed E-state index contributed by atoms with van der Waals surface area (Å²) in [5.74, 6) is 1.20. The number of rotatable bonds is 4. The zero-order chi connectivity index (χ0) is 13.1. The van der Waals surface area contributed by atoms with Gasteiger partial charge >= 0.3 is 0 Å². The van der Waals surface area contributed by atoms with Crippen molar-refractivity contribution in [3.05, 3.63) is 23.3 Å². The maximum atomic E-state index is 8.97. The molecule has 0 amide bonds. The number of ether oxygens (including phenoxy) is 2. The topological polar surface area (TPSA) is 68.3 Å². The first kappa shape index (κ1) is 13.3. The van der Waals surface area contributed by atoms with E-state index in [1.54, 1.807) is 26.4 Å². The van der Waals surface area contributed by atoms with Crippen LogP contribution in [0.25, 0.3) is 0 Å². The van der Waals surface area contributed by atoms with E-state index in [4.69, 9.17) is 20.5 Å². The summed E-state index contributed by atoms with van der Waals surface area (Å²) < 4.78 is 10.5. The molecule has 1 aromatic carbocycles. The van der Waals surface area contributed by atoms with Crippen molar-refractivity contribution in [1.29, 1.82) is 5.26 Å². The molecule has 0 atom stereocenters. The summed E-state index contributed by atoms with van der Waals surface area (Å²) in [6, 6.07) is 5.55. The quantitative estimate of drug-likeness (QED) is 0.863. The molecule has 92 valence electrons. The smallest absolute Gasteiger partial charge is 0.164 e. The zero-order valence-electron chi connectivity index (χ0n) is 10.7. The van der Waals surface area contributed by atoms with Crippen molar-refractivity contribution >= 4 is 0 Å². The lowest BCUT2D eigenvalue weighted by molar-refractivity contribution is 0.348. The van der Waals surface area contributed by atoms with E-state index in [0.29, 0.717) is 23.5 Å². The Kier molecular flexibility index (Phi) is 3.97. The third-order valence-corrected chi connectivity index (χ3v) is 2.33. The monoisotopic (exact) mass is 234 g/mol. The van der Waals surface area contributed by atoms with Crippen LogP contribution in [-0.2, 0) is 6.42 Å². The number of hydrogen-bond donors (Lipinski definition) is 1. The summed E-state index contributed by atoms with van der Waals surface area (Å²) in [6.45, 7) is 3.86. The molecule has 0 bridgehead atoms. The molecule has 0 aromatic heterocycles. The van der Waals surface area contributed by atoms with Gasteiger partial charge in [-0.3, -0.25) is 0 Å². The third-order valence-electron chi connectivity index (χ3n) is 2.33. The van der Waals surface area contributed by atoms with E-state index in [2.05, 4.69) is 6.07 Å². The minimum atomic E-state index is -0.369. The molecule has 0 aliphatic carbocycles. The second-order valence-corrected chi connectivity index (χ2v) is 4.65. The molecule has 0 spiro atoms. The van der Waals surface area contributed by atoms with E-state index in [0.717, 1.165) is 5.56 Å². The van der Waals surface area contributed by atoms with Crippen LogP contribution in [0.15, 0.2) is 12.1 Å². The Bertz CT molecular complexity index is 442. The molecule has 17 heavy (non-hydrogen) atoms. The van der Waals surface area contributed by atoms with Gasteiger partial charge < -0.3 is 15.2 Å². The van der Waals surface area contributed by atoms with E-state index >= 15 is 0 Å². The van der Waals surface area contributed by atoms with Crippen LogP contribution in [0.5, 0.6) is 11.5 Å². The van der Waals surface area contributed by atoms with Crippen LogP contribution >= 0.6 is 0 Å². The largest absolute Gasteiger partial charge is 0.493 e. The lowest BCUT2D eigenvalue weighted by atomic mass is 9.94. The fourth-order valence-corrected chi connectivity index (χ4v) is 1.73. The predicted molar refractivity (Wildman–Crippen MR) is 66.2 cm³/mol. The Balaban J connectivity index is 3.30. The number of methoxy groups -OCH3 is 2. The van der Waals surface area contributed by atoms with Gasteiger partial charge in [0.2, 0.25) is 0 Å². The van der Waals surface area contributed by atoms with Gasteiger partial charge in [-0.15, -0.1) is 0 Å². The first-order valence-corrected chi connectivity index (χ1v) is 5.35. The van der Waals surface area contributed by atoms with Gasteiger partial charge in [-0.2, -0.15) is 5.26 Å². The maximum Gasteiger partial charge on any atom is 0.164 e. The van der Waals surface area contributed by atoms with Crippen LogP contribution in [0.3, 0.4) is 0 Å². The van der Waals surface area contributed by atoms with Crippen molar-refractivity contribution in [2.24, 2.45) is 5.73 Å². The molecule has 0 heterocycles. The molecular weight excluding hydrogens is 216 g/mol. The number of hydrogen-bond acceptors (Lipinski definition) is 4. The van der Waals surface area contributed by atoms with Gasteiger partial charge in [0.15, 0.2) is 11.5 Å². The van der Waals surface area contributed by atoms with E-state index in [1.807, 2.05) is 13.8 Å². The SMILES string of the molecule is COc1cc(C#N)cc(CC(C)(C)N)c1OC. The third kappa shape index (κ3) is 3.36. The molecule has 1 rings (SSSR count).